The molecule has 0 amide bonds. The molecule has 0 aliphatic rings. The average molecular weight is 421 g/mol. The highest BCUT2D eigenvalue weighted by atomic mass is 79.9. The van der Waals surface area contributed by atoms with E-state index >= 15 is 0 Å². The van der Waals surface area contributed by atoms with Crippen LogP contribution in [-0.4, -0.2) is 5.33 Å². The van der Waals surface area contributed by atoms with E-state index in [2.05, 4.69) is 44.0 Å². The first-order valence-electron chi connectivity index (χ1n) is 6.33. The Morgan fingerprint density at radius 3 is 2.20 bits per heavy atom. The quantitative estimate of drug-likeness (QED) is 0.518. The van der Waals surface area contributed by atoms with Crippen LogP contribution in [0.25, 0.3) is 0 Å². The van der Waals surface area contributed by atoms with Crippen molar-refractivity contribution < 1.29 is 4.39 Å². The highest BCUT2D eigenvalue weighted by Crippen LogP contribution is 2.22. The van der Waals surface area contributed by atoms with Crippen molar-refractivity contribution in [3.63, 3.8) is 0 Å². The van der Waals surface area contributed by atoms with Gasteiger partial charge in [0, 0.05) is 10.4 Å². The van der Waals surface area contributed by atoms with Crippen molar-refractivity contribution in [2.75, 3.05) is 5.33 Å². The van der Waals surface area contributed by atoms with E-state index in [4.69, 9.17) is 11.6 Å². The number of halogens is 4. The first-order chi connectivity index (χ1) is 9.58. The van der Waals surface area contributed by atoms with E-state index in [1.807, 2.05) is 24.3 Å². The zero-order valence-electron chi connectivity index (χ0n) is 10.8. The van der Waals surface area contributed by atoms with Gasteiger partial charge in [-0.05, 0) is 70.1 Å². The Morgan fingerprint density at radius 1 is 1.00 bits per heavy atom. The molecule has 2 aromatic carbocycles. The molecule has 1 atom stereocenters. The lowest BCUT2D eigenvalue weighted by Crippen LogP contribution is -2.10. The molecule has 0 fully saturated rings. The van der Waals surface area contributed by atoms with E-state index in [0.717, 1.165) is 28.8 Å². The molecule has 0 spiro atoms. The van der Waals surface area contributed by atoms with E-state index in [-0.39, 0.29) is 5.82 Å². The molecule has 20 heavy (non-hydrogen) atoms. The minimum Gasteiger partial charge on any atom is -0.206 e. The molecule has 2 aromatic rings. The van der Waals surface area contributed by atoms with E-state index in [1.54, 1.807) is 0 Å². The summed E-state index contributed by atoms with van der Waals surface area (Å²) < 4.78 is 13.8. The molecule has 0 saturated carbocycles. The highest BCUT2D eigenvalue weighted by Gasteiger charge is 2.11. The number of alkyl halides is 1. The smallest absolute Gasteiger partial charge is 0.137 e. The van der Waals surface area contributed by atoms with Gasteiger partial charge < -0.3 is 0 Å². The second kappa shape index (κ2) is 7.58. The lowest BCUT2D eigenvalue weighted by atomic mass is 9.94. The van der Waals surface area contributed by atoms with Gasteiger partial charge in [0.2, 0.25) is 0 Å². The Morgan fingerprint density at radius 2 is 1.60 bits per heavy atom. The lowest BCUT2D eigenvalue weighted by molar-refractivity contribution is 0.586. The number of rotatable bonds is 5. The molecule has 0 aliphatic carbocycles. The summed E-state index contributed by atoms with van der Waals surface area (Å²) >= 11 is 12.7. The normalized spacial score (nSPS) is 12.4. The molecule has 0 radical (unpaired) electrons. The maximum Gasteiger partial charge on any atom is 0.137 e. The van der Waals surface area contributed by atoms with Gasteiger partial charge in [0.1, 0.15) is 5.82 Å². The third-order valence-corrected chi connectivity index (χ3v) is 4.94. The summed E-state index contributed by atoms with van der Waals surface area (Å²) in [5.74, 6) is 0.246. The second-order valence-corrected chi connectivity index (χ2v) is 6.74. The van der Waals surface area contributed by atoms with Crippen molar-refractivity contribution in [1.82, 2.24) is 0 Å². The van der Waals surface area contributed by atoms with Crippen LogP contribution in [0.5, 0.6) is 0 Å². The van der Waals surface area contributed by atoms with Crippen LogP contribution in [0.1, 0.15) is 11.1 Å². The third-order valence-electron chi connectivity index (χ3n) is 3.16. The zero-order chi connectivity index (χ0) is 14.5. The van der Waals surface area contributed by atoms with E-state index < -0.39 is 0 Å². The molecular weight excluding hydrogens is 406 g/mol. The molecule has 1 unspecified atom stereocenters. The topological polar surface area (TPSA) is 0 Å². The summed E-state index contributed by atoms with van der Waals surface area (Å²) in [6.45, 7) is 0. The second-order valence-electron chi connectivity index (χ2n) is 4.80. The fourth-order valence-electron chi connectivity index (χ4n) is 2.14. The van der Waals surface area contributed by atoms with Crippen molar-refractivity contribution in [3.8, 4) is 0 Å². The Bertz CT molecular complexity index is 569. The summed E-state index contributed by atoms with van der Waals surface area (Å²) in [6.07, 6.45) is 1.88. The van der Waals surface area contributed by atoms with Gasteiger partial charge in [0.25, 0.3) is 0 Å². The van der Waals surface area contributed by atoms with Gasteiger partial charge >= 0.3 is 0 Å². The van der Waals surface area contributed by atoms with Gasteiger partial charge in [-0.1, -0.05) is 45.7 Å². The van der Waals surface area contributed by atoms with Crippen molar-refractivity contribution in [3.05, 3.63) is 68.9 Å². The van der Waals surface area contributed by atoms with Gasteiger partial charge in [0.05, 0.1) is 4.47 Å². The van der Waals surface area contributed by atoms with E-state index in [0.29, 0.717) is 10.4 Å². The van der Waals surface area contributed by atoms with Gasteiger partial charge in [-0.25, -0.2) is 4.39 Å². The Balaban J connectivity index is 2.04. The van der Waals surface area contributed by atoms with Gasteiger partial charge in [0.15, 0.2) is 0 Å². The van der Waals surface area contributed by atoms with Crippen LogP contribution in [0.2, 0.25) is 5.02 Å². The van der Waals surface area contributed by atoms with Crippen LogP contribution in [0, 0.1) is 11.7 Å². The Kier molecular flexibility index (Phi) is 6.06. The van der Waals surface area contributed by atoms with Crippen LogP contribution >= 0.6 is 43.5 Å². The van der Waals surface area contributed by atoms with Crippen LogP contribution in [0.4, 0.5) is 4.39 Å². The zero-order valence-corrected chi connectivity index (χ0v) is 14.7. The van der Waals surface area contributed by atoms with Crippen molar-refractivity contribution in [1.29, 1.82) is 0 Å². The maximum absolute atomic E-state index is 13.2. The molecule has 0 aliphatic heterocycles. The molecule has 0 bridgehead atoms. The van der Waals surface area contributed by atoms with Gasteiger partial charge in [-0.15, -0.1) is 0 Å². The molecule has 0 N–H and O–H groups in total. The van der Waals surface area contributed by atoms with E-state index in [9.17, 15) is 4.39 Å². The van der Waals surface area contributed by atoms with Crippen molar-refractivity contribution in [2.24, 2.45) is 5.92 Å². The fourth-order valence-corrected chi connectivity index (χ4v) is 3.15. The number of hydrogen-bond acceptors (Lipinski definition) is 0. The van der Waals surface area contributed by atoms with E-state index in [1.165, 1.54) is 11.6 Å². The summed E-state index contributed by atoms with van der Waals surface area (Å²) in [6, 6.07) is 13.1. The summed E-state index contributed by atoms with van der Waals surface area (Å²) in [5, 5.41) is 1.66. The van der Waals surface area contributed by atoms with Gasteiger partial charge in [-0.2, -0.15) is 0 Å². The monoisotopic (exact) mass is 418 g/mol. The largest absolute Gasteiger partial charge is 0.206 e. The molecule has 4 heteroatoms. The molecule has 106 valence electrons. The van der Waals surface area contributed by atoms with Crippen molar-refractivity contribution in [2.45, 2.75) is 12.8 Å². The van der Waals surface area contributed by atoms with Crippen molar-refractivity contribution >= 4 is 43.5 Å². The third kappa shape index (κ3) is 4.57. The molecule has 0 aromatic heterocycles. The summed E-state index contributed by atoms with van der Waals surface area (Å²) in [4.78, 5) is 0. The first kappa shape index (κ1) is 16.0. The van der Waals surface area contributed by atoms with Gasteiger partial charge in [-0.3, -0.25) is 0 Å². The highest BCUT2D eigenvalue weighted by molar-refractivity contribution is 9.10. The first-order valence-corrected chi connectivity index (χ1v) is 8.62. The predicted molar refractivity (Wildman–Crippen MR) is 90.2 cm³/mol. The molecule has 0 heterocycles. The average Bonchev–Trinajstić information content (AvgIpc) is 2.44. The summed E-state index contributed by atoms with van der Waals surface area (Å²) in [5.41, 5.74) is 2.40. The van der Waals surface area contributed by atoms with Crippen LogP contribution in [-0.2, 0) is 12.8 Å². The summed E-state index contributed by atoms with van der Waals surface area (Å²) in [7, 11) is 0. The molecular formula is C16H14Br2ClF. The SMILES string of the molecule is Fc1ccc(CC(CBr)Cc2ccc(Cl)cc2)cc1Br. The van der Waals surface area contributed by atoms with Crippen LogP contribution in [0.3, 0.4) is 0 Å². The Labute approximate surface area is 140 Å². The van der Waals surface area contributed by atoms with Crippen LogP contribution < -0.4 is 0 Å². The Hall–Kier alpha value is -0.380. The minimum atomic E-state index is -0.221. The molecule has 2 rings (SSSR count). The molecule has 0 saturated heterocycles. The van der Waals surface area contributed by atoms with Crippen LogP contribution in [0.15, 0.2) is 46.9 Å². The lowest BCUT2D eigenvalue weighted by Gasteiger charge is -2.14. The number of benzene rings is 2. The maximum atomic E-state index is 13.2. The predicted octanol–water partition coefficient (Wildman–Crippen LogP) is 6.04. The standard InChI is InChI=1S/C16H14Br2ClF/c17-10-13(7-11-1-4-14(19)5-2-11)8-12-3-6-16(20)15(18)9-12/h1-6,9,13H,7-8,10H2. The minimum absolute atomic E-state index is 0.221. The fraction of sp³-hybridized carbons (Fsp3) is 0.250. The number of hydrogen-bond donors (Lipinski definition) is 0. The molecule has 0 nitrogen and oxygen atoms in total.